The fourth-order valence-electron chi connectivity index (χ4n) is 2.63. The number of alkyl halides is 3. The number of rotatable bonds is 6. The predicted octanol–water partition coefficient (Wildman–Crippen LogP) is 3.40. The zero-order valence-electron chi connectivity index (χ0n) is 15.1. The van der Waals surface area contributed by atoms with Crippen molar-refractivity contribution in [3.63, 3.8) is 0 Å². The van der Waals surface area contributed by atoms with Gasteiger partial charge in [0.2, 0.25) is 5.91 Å². The zero-order valence-corrected chi connectivity index (χ0v) is 15.1. The summed E-state index contributed by atoms with van der Waals surface area (Å²) in [5, 5.41) is 7.18. The van der Waals surface area contributed by atoms with Crippen LogP contribution in [0.5, 0.6) is 5.75 Å². The van der Waals surface area contributed by atoms with Crippen molar-refractivity contribution in [3.8, 4) is 5.75 Å². The molecule has 2 rings (SSSR count). The lowest BCUT2D eigenvalue weighted by atomic mass is 10.1. The van der Waals surface area contributed by atoms with Crippen molar-refractivity contribution in [1.82, 2.24) is 15.1 Å². The number of ether oxygens (including phenoxy) is 1. The van der Waals surface area contributed by atoms with Crippen LogP contribution in [0.2, 0.25) is 0 Å². The Balaban J connectivity index is 1.94. The van der Waals surface area contributed by atoms with E-state index in [1.807, 2.05) is 27.8 Å². The molecule has 1 aromatic heterocycles. The molecule has 0 bridgehead atoms. The van der Waals surface area contributed by atoms with Crippen LogP contribution in [0.1, 0.15) is 35.5 Å². The molecule has 1 N–H and O–H groups in total. The van der Waals surface area contributed by atoms with Gasteiger partial charge in [0.1, 0.15) is 5.75 Å². The highest BCUT2D eigenvalue weighted by atomic mass is 19.4. The molecule has 0 fully saturated rings. The molecule has 0 saturated heterocycles. The highest BCUT2D eigenvalue weighted by Gasteiger charge is 2.28. The van der Waals surface area contributed by atoms with Crippen LogP contribution in [0, 0.1) is 13.8 Å². The van der Waals surface area contributed by atoms with Crippen LogP contribution < -0.4 is 10.1 Å². The quantitative estimate of drug-likeness (QED) is 0.849. The Morgan fingerprint density at radius 2 is 1.88 bits per heavy atom. The SMILES string of the molecule is Cc1nn(C)c(C)c1CC(=O)N[C@H](C)c1ccc(OCC(F)(F)F)cc1. The van der Waals surface area contributed by atoms with Crippen molar-refractivity contribution < 1.29 is 22.7 Å². The summed E-state index contributed by atoms with van der Waals surface area (Å²) in [6, 6.07) is 5.91. The minimum atomic E-state index is -4.37. The van der Waals surface area contributed by atoms with Crippen LogP contribution in [0.15, 0.2) is 24.3 Å². The number of aromatic nitrogens is 2. The van der Waals surface area contributed by atoms with Gasteiger partial charge in [-0.25, -0.2) is 0 Å². The van der Waals surface area contributed by atoms with E-state index in [1.165, 1.54) is 12.1 Å². The second-order valence-electron chi connectivity index (χ2n) is 6.21. The maximum Gasteiger partial charge on any atom is 0.422 e. The standard InChI is InChI=1S/C18H22F3N3O2/c1-11(14-5-7-15(8-6-14)26-10-18(19,20)21)22-17(25)9-16-12(2)23-24(4)13(16)3/h5-8,11H,9-10H2,1-4H3,(H,22,25)/t11-/m1/s1. The van der Waals surface area contributed by atoms with Gasteiger partial charge in [-0.1, -0.05) is 12.1 Å². The molecule has 0 aliphatic rings. The van der Waals surface area contributed by atoms with Gasteiger partial charge in [-0.3, -0.25) is 9.48 Å². The Kier molecular flexibility index (Phi) is 5.94. The molecule has 26 heavy (non-hydrogen) atoms. The van der Waals surface area contributed by atoms with Crippen LogP contribution in [0.4, 0.5) is 13.2 Å². The molecule has 1 heterocycles. The van der Waals surface area contributed by atoms with Gasteiger partial charge in [-0.05, 0) is 38.5 Å². The van der Waals surface area contributed by atoms with Crippen molar-refractivity contribution in [2.75, 3.05) is 6.61 Å². The largest absolute Gasteiger partial charge is 0.484 e. The molecule has 8 heteroatoms. The second-order valence-corrected chi connectivity index (χ2v) is 6.21. The molecule has 0 radical (unpaired) electrons. The lowest BCUT2D eigenvalue weighted by Crippen LogP contribution is -2.28. The number of amides is 1. The smallest absolute Gasteiger partial charge is 0.422 e. The average Bonchev–Trinajstić information content (AvgIpc) is 2.79. The van der Waals surface area contributed by atoms with Gasteiger partial charge in [0, 0.05) is 18.3 Å². The minimum absolute atomic E-state index is 0.131. The summed E-state index contributed by atoms with van der Waals surface area (Å²) >= 11 is 0. The van der Waals surface area contributed by atoms with Crippen LogP contribution in [0.25, 0.3) is 0 Å². The highest BCUT2D eigenvalue weighted by molar-refractivity contribution is 5.79. The molecule has 0 spiro atoms. The molecule has 1 aromatic carbocycles. The van der Waals surface area contributed by atoms with E-state index >= 15 is 0 Å². The maximum absolute atomic E-state index is 12.3. The topological polar surface area (TPSA) is 56.2 Å². The van der Waals surface area contributed by atoms with Gasteiger partial charge in [-0.15, -0.1) is 0 Å². The number of hydrogen-bond acceptors (Lipinski definition) is 3. The van der Waals surface area contributed by atoms with Gasteiger partial charge >= 0.3 is 6.18 Å². The molecule has 1 amide bonds. The summed E-state index contributed by atoms with van der Waals surface area (Å²) < 4.78 is 42.9. The normalized spacial score (nSPS) is 12.7. The number of benzene rings is 1. The van der Waals surface area contributed by atoms with E-state index < -0.39 is 12.8 Å². The Bertz CT molecular complexity index is 767. The molecule has 1 atom stereocenters. The first-order chi connectivity index (χ1) is 12.1. The summed E-state index contributed by atoms with van der Waals surface area (Å²) in [5.41, 5.74) is 3.43. The van der Waals surface area contributed by atoms with Crippen molar-refractivity contribution in [1.29, 1.82) is 0 Å². The molecular weight excluding hydrogens is 347 g/mol. The first-order valence-corrected chi connectivity index (χ1v) is 8.15. The maximum atomic E-state index is 12.3. The number of aryl methyl sites for hydroxylation is 2. The summed E-state index contributed by atoms with van der Waals surface area (Å²) in [6.45, 7) is 4.25. The van der Waals surface area contributed by atoms with E-state index in [0.29, 0.717) is 0 Å². The van der Waals surface area contributed by atoms with E-state index in [4.69, 9.17) is 0 Å². The van der Waals surface area contributed by atoms with Gasteiger partial charge < -0.3 is 10.1 Å². The van der Waals surface area contributed by atoms with E-state index in [-0.39, 0.29) is 24.1 Å². The third-order valence-electron chi connectivity index (χ3n) is 4.16. The van der Waals surface area contributed by atoms with Gasteiger partial charge in [0.25, 0.3) is 0 Å². The first-order valence-electron chi connectivity index (χ1n) is 8.15. The Morgan fingerprint density at radius 3 is 2.38 bits per heavy atom. The molecule has 2 aromatic rings. The number of carbonyl (C=O) groups excluding carboxylic acids is 1. The number of halogens is 3. The van der Waals surface area contributed by atoms with E-state index in [0.717, 1.165) is 22.5 Å². The van der Waals surface area contributed by atoms with Gasteiger partial charge in [-0.2, -0.15) is 18.3 Å². The Morgan fingerprint density at radius 1 is 1.27 bits per heavy atom. The Labute approximate surface area is 150 Å². The number of carbonyl (C=O) groups is 1. The van der Waals surface area contributed by atoms with Crippen LogP contribution in [-0.2, 0) is 18.3 Å². The monoisotopic (exact) mass is 369 g/mol. The summed E-state index contributed by atoms with van der Waals surface area (Å²) in [4.78, 5) is 12.3. The van der Waals surface area contributed by atoms with Gasteiger partial charge in [0.15, 0.2) is 6.61 Å². The zero-order chi connectivity index (χ0) is 19.5. The lowest BCUT2D eigenvalue weighted by molar-refractivity contribution is -0.153. The molecule has 0 saturated carbocycles. The third kappa shape index (κ3) is 5.24. The van der Waals surface area contributed by atoms with E-state index in [9.17, 15) is 18.0 Å². The number of nitrogens with one attached hydrogen (secondary N) is 1. The van der Waals surface area contributed by atoms with Crippen LogP contribution in [0.3, 0.4) is 0 Å². The fraction of sp³-hybridized carbons (Fsp3) is 0.444. The second kappa shape index (κ2) is 7.80. The van der Waals surface area contributed by atoms with Crippen LogP contribution >= 0.6 is 0 Å². The third-order valence-corrected chi connectivity index (χ3v) is 4.16. The molecule has 142 valence electrons. The van der Waals surface area contributed by atoms with E-state index in [2.05, 4.69) is 15.2 Å². The van der Waals surface area contributed by atoms with Gasteiger partial charge in [0.05, 0.1) is 18.2 Å². The molecule has 0 unspecified atom stereocenters. The van der Waals surface area contributed by atoms with Crippen molar-refractivity contribution in [2.45, 2.75) is 39.4 Å². The molecule has 0 aliphatic heterocycles. The fourth-order valence-corrected chi connectivity index (χ4v) is 2.63. The molecular formula is C18H22F3N3O2. The highest BCUT2D eigenvalue weighted by Crippen LogP contribution is 2.21. The van der Waals surface area contributed by atoms with Crippen LogP contribution in [-0.4, -0.2) is 28.5 Å². The first kappa shape index (κ1) is 19.8. The molecule has 5 nitrogen and oxygen atoms in total. The van der Waals surface area contributed by atoms with Crippen molar-refractivity contribution in [2.24, 2.45) is 7.05 Å². The van der Waals surface area contributed by atoms with Crippen molar-refractivity contribution >= 4 is 5.91 Å². The molecule has 0 aliphatic carbocycles. The Hall–Kier alpha value is -2.51. The summed E-state index contributed by atoms with van der Waals surface area (Å²) in [5.74, 6) is -0.0136. The number of nitrogens with zero attached hydrogens (tertiary/aromatic N) is 2. The van der Waals surface area contributed by atoms with Crippen molar-refractivity contribution in [3.05, 3.63) is 46.8 Å². The summed E-state index contributed by atoms with van der Waals surface area (Å²) in [7, 11) is 1.83. The average molecular weight is 369 g/mol. The van der Waals surface area contributed by atoms with E-state index in [1.54, 1.807) is 16.8 Å². The summed E-state index contributed by atoms with van der Waals surface area (Å²) in [6.07, 6.45) is -4.15. The predicted molar refractivity (Wildman–Crippen MR) is 90.9 cm³/mol. The number of hydrogen-bond donors (Lipinski definition) is 1. The minimum Gasteiger partial charge on any atom is -0.484 e. The lowest BCUT2D eigenvalue weighted by Gasteiger charge is -2.15.